The summed E-state index contributed by atoms with van der Waals surface area (Å²) in [5.41, 5.74) is 2.26. The van der Waals surface area contributed by atoms with Crippen molar-refractivity contribution in [3.05, 3.63) is 10.8 Å². The Morgan fingerprint density at radius 3 is 3.25 bits per heavy atom. The lowest BCUT2D eigenvalue weighted by molar-refractivity contribution is 1.05. The van der Waals surface area contributed by atoms with Gasteiger partial charge >= 0.3 is 0 Å². The van der Waals surface area contributed by atoms with E-state index in [4.69, 9.17) is 0 Å². The highest BCUT2D eigenvalue weighted by molar-refractivity contribution is 7.99. The summed E-state index contributed by atoms with van der Waals surface area (Å²) in [5, 5.41) is 5.22. The smallest absolute Gasteiger partial charge is 0.166 e. The van der Waals surface area contributed by atoms with Crippen molar-refractivity contribution in [3.8, 4) is 0 Å². The number of imidazole rings is 1. The van der Waals surface area contributed by atoms with Gasteiger partial charge in [-0.25, -0.2) is 4.98 Å². The van der Waals surface area contributed by atoms with Crippen molar-refractivity contribution < 1.29 is 0 Å². The summed E-state index contributed by atoms with van der Waals surface area (Å²) in [5.74, 6) is 1.14. The Balaban J connectivity index is 2.21. The minimum Gasteiger partial charge on any atom is -0.332 e. The number of fused-ring (bicyclic) bond motifs is 1. The van der Waals surface area contributed by atoms with Gasteiger partial charge in [-0.1, -0.05) is 18.7 Å². The Morgan fingerprint density at radius 2 is 2.50 bits per heavy atom. The van der Waals surface area contributed by atoms with E-state index in [2.05, 4.69) is 27.7 Å². The Labute approximate surface area is 79.4 Å². The molecule has 2 aromatic heterocycles. The highest BCUT2D eigenvalue weighted by Gasteiger charge is 2.01. The fraction of sp³-hybridized carbons (Fsp3) is 0.375. The topological polar surface area (TPSA) is 28.7 Å². The van der Waals surface area contributed by atoms with Gasteiger partial charge in [-0.15, -0.1) is 11.3 Å². The summed E-state index contributed by atoms with van der Waals surface area (Å²) < 4.78 is 0. The highest BCUT2D eigenvalue weighted by Crippen LogP contribution is 2.22. The van der Waals surface area contributed by atoms with Crippen LogP contribution >= 0.6 is 23.1 Å². The van der Waals surface area contributed by atoms with Crippen LogP contribution in [-0.2, 0) is 0 Å². The van der Waals surface area contributed by atoms with E-state index in [-0.39, 0.29) is 0 Å². The SMILES string of the molecule is CCCSc1nc2cscc2[nH]1. The van der Waals surface area contributed by atoms with E-state index in [1.165, 1.54) is 11.9 Å². The maximum Gasteiger partial charge on any atom is 0.166 e. The summed E-state index contributed by atoms with van der Waals surface area (Å²) in [6.07, 6.45) is 1.19. The minimum atomic E-state index is 1.05. The lowest BCUT2D eigenvalue weighted by Crippen LogP contribution is -1.77. The zero-order chi connectivity index (χ0) is 8.39. The molecule has 0 radical (unpaired) electrons. The molecular weight excluding hydrogens is 188 g/mol. The zero-order valence-corrected chi connectivity index (χ0v) is 8.47. The van der Waals surface area contributed by atoms with Crippen LogP contribution in [0, 0.1) is 0 Å². The maximum atomic E-state index is 4.43. The summed E-state index contributed by atoms with van der Waals surface area (Å²) in [4.78, 5) is 7.70. The number of thiophene rings is 1. The van der Waals surface area contributed by atoms with Gasteiger partial charge in [0.15, 0.2) is 5.16 Å². The average molecular weight is 198 g/mol. The van der Waals surface area contributed by atoms with Crippen LogP contribution in [0.3, 0.4) is 0 Å². The van der Waals surface area contributed by atoms with E-state index in [0.717, 1.165) is 16.4 Å². The lowest BCUT2D eigenvalue weighted by Gasteiger charge is -1.90. The van der Waals surface area contributed by atoms with Gasteiger partial charge < -0.3 is 4.98 Å². The summed E-state index contributed by atoms with van der Waals surface area (Å²) in [6, 6.07) is 0. The number of nitrogens with one attached hydrogen (secondary N) is 1. The molecule has 2 rings (SSSR count). The first-order valence-electron chi connectivity index (χ1n) is 3.95. The van der Waals surface area contributed by atoms with E-state index < -0.39 is 0 Å². The molecule has 2 heterocycles. The van der Waals surface area contributed by atoms with Gasteiger partial charge in [0.25, 0.3) is 0 Å². The van der Waals surface area contributed by atoms with Crippen LogP contribution in [0.25, 0.3) is 11.0 Å². The van der Waals surface area contributed by atoms with Crippen LogP contribution in [0.15, 0.2) is 15.9 Å². The first-order valence-corrected chi connectivity index (χ1v) is 5.87. The second kappa shape index (κ2) is 3.49. The van der Waals surface area contributed by atoms with Crippen molar-refractivity contribution in [2.75, 3.05) is 5.75 Å². The van der Waals surface area contributed by atoms with Gasteiger partial charge in [0, 0.05) is 16.5 Å². The molecule has 0 saturated heterocycles. The molecule has 0 unspecified atom stereocenters. The number of rotatable bonds is 3. The van der Waals surface area contributed by atoms with Crippen LogP contribution in [-0.4, -0.2) is 15.7 Å². The molecule has 0 spiro atoms. The molecule has 0 aromatic carbocycles. The van der Waals surface area contributed by atoms with Crippen molar-refractivity contribution in [3.63, 3.8) is 0 Å². The Kier molecular flexibility index (Phi) is 2.37. The molecule has 12 heavy (non-hydrogen) atoms. The molecule has 0 fully saturated rings. The molecule has 64 valence electrons. The Morgan fingerprint density at radius 1 is 1.58 bits per heavy atom. The minimum absolute atomic E-state index is 1.05. The van der Waals surface area contributed by atoms with Crippen LogP contribution in [0.1, 0.15) is 13.3 Å². The van der Waals surface area contributed by atoms with E-state index in [0.29, 0.717) is 0 Å². The van der Waals surface area contributed by atoms with E-state index in [1.54, 1.807) is 23.1 Å². The van der Waals surface area contributed by atoms with Crippen LogP contribution in [0.5, 0.6) is 0 Å². The van der Waals surface area contributed by atoms with Crippen molar-refractivity contribution in [2.24, 2.45) is 0 Å². The molecular formula is C8H10N2S2. The van der Waals surface area contributed by atoms with E-state index >= 15 is 0 Å². The third-order valence-corrected chi connectivity index (χ3v) is 3.36. The standard InChI is InChI=1S/C8H10N2S2/c1-2-3-12-8-9-6-4-11-5-7(6)10-8/h4-5H,2-3H2,1H3,(H,9,10). The van der Waals surface area contributed by atoms with Gasteiger partial charge in [-0.2, -0.15) is 0 Å². The van der Waals surface area contributed by atoms with Gasteiger partial charge in [0.05, 0.1) is 5.52 Å². The summed E-state index contributed by atoms with van der Waals surface area (Å²) in [6.45, 7) is 2.18. The third kappa shape index (κ3) is 1.49. The lowest BCUT2D eigenvalue weighted by atomic mass is 10.5. The molecule has 1 N–H and O–H groups in total. The number of nitrogens with zero attached hydrogens (tertiary/aromatic N) is 1. The molecule has 2 aromatic rings. The normalized spacial score (nSPS) is 11.1. The predicted molar refractivity (Wildman–Crippen MR) is 55.0 cm³/mol. The molecule has 2 nitrogen and oxygen atoms in total. The second-order valence-corrected chi connectivity index (χ2v) is 4.39. The van der Waals surface area contributed by atoms with Crippen LogP contribution < -0.4 is 0 Å². The molecule has 0 aliphatic carbocycles. The molecule has 0 amide bonds. The third-order valence-electron chi connectivity index (χ3n) is 1.55. The zero-order valence-electron chi connectivity index (χ0n) is 6.83. The predicted octanol–water partition coefficient (Wildman–Crippen LogP) is 3.13. The van der Waals surface area contributed by atoms with Crippen molar-refractivity contribution in [1.29, 1.82) is 0 Å². The first kappa shape index (κ1) is 8.13. The quantitative estimate of drug-likeness (QED) is 0.768. The monoisotopic (exact) mass is 198 g/mol. The van der Waals surface area contributed by atoms with Crippen LogP contribution in [0.2, 0.25) is 0 Å². The maximum absolute atomic E-state index is 4.43. The largest absolute Gasteiger partial charge is 0.332 e. The average Bonchev–Trinajstić information content (AvgIpc) is 2.58. The van der Waals surface area contributed by atoms with Crippen LogP contribution in [0.4, 0.5) is 0 Å². The summed E-state index contributed by atoms with van der Waals surface area (Å²) >= 11 is 3.48. The fourth-order valence-electron chi connectivity index (χ4n) is 0.990. The number of thioether (sulfide) groups is 1. The highest BCUT2D eigenvalue weighted by atomic mass is 32.2. The number of H-pyrrole nitrogens is 1. The molecule has 0 atom stereocenters. The molecule has 0 bridgehead atoms. The van der Waals surface area contributed by atoms with E-state index in [1.807, 2.05) is 0 Å². The van der Waals surface area contributed by atoms with Crippen molar-refractivity contribution >= 4 is 34.1 Å². The molecule has 0 aliphatic heterocycles. The Bertz CT molecular complexity index is 335. The van der Waals surface area contributed by atoms with E-state index in [9.17, 15) is 0 Å². The molecule has 0 aliphatic rings. The fourth-order valence-corrected chi connectivity index (χ4v) is 2.42. The molecule has 0 saturated carbocycles. The van der Waals surface area contributed by atoms with Gasteiger partial charge in [0.1, 0.15) is 5.52 Å². The Hall–Kier alpha value is -0.480. The number of hydrogen-bond donors (Lipinski definition) is 1. The summed E-state index contributed by atoms with van der Waals surface area (Å²) in [7, 11) is 0. The second-order valence-electron chi connectivity index (χ2n) is 2.56. The number of aromatic amines is 1. The van der Waals surface area contributed by atoms with Gasteiger partial charge in [0.2, 0.25) is 0 Å². The number of hydrogen-bond acceptors (Lipinski definition) is 3. The van der Waals surface area contributed by atoms with Gasteiger partial charge in [-0.05, 0) is 6.42 Å². The van der Waals surface area contributed by atoms with Gasteiger partial charge in [-0.3, -0.25) is 0 Å². The van der Waals surface area contributed by atoms with Crippen molar-refractivity contribution in [1.82, 2.24) is 9.97 Å². The first-order chi connectivity index (χ1) is 5.90. The molecule has 4 heteroatoms. The number of aromatic nitrogens is 2. The van der Waals surface area contributed by atoms with Crippen molar-refractivity contribution in [2.45, 2.75) is 18.5 Å².